The predicted molar refractivity (Wildman–Crippen MR) is 70.5 cm³/mol. The lowest BCUT2D eigenvalue weighted by Gasteiger charge is -2.20. The first-order valence-electron chi connectivity index (χ1n) is 6.83. The van der Waals surface area contributed by atoms with Crippen LogP contribution in [0.3, 0.4) is 0 Å². The second-order valence-corrected chi connectivity index (χ2v) is 4.85. The van der Waals surface area contributed by atoms with Crippen LogP contribution in [0.1, 0.15) is 33.1 Å². The monoisotopic (exact) mass is 286 g/mol. The van der Waals surface area contributed by atoms with Crippen molar-refractivity contribution in [2.24, 2.45) is 11.7 Å². The summed E-state index contributed by atoms with van der Waals surface area (Å²) in [6.07, 6.45) is 1.03. The van der Waals surface area contributed by atoms with E-state index in [1.54, 1.807) is 13.8 Å². The SMILES string of the molecule is CCOC(=O)[C@@H](C)C[C@@H](NC(=O)[C@@H]1CCCO1)C(N)=O. The molecule has 0 saturated carbocycles. The topological polar surface area (TPSA) is 108 Å². The fraction of sp³-hybridized carbons (Fsp3) is 0.769. The minimum absolute atomic E-state index is 0.118. The molecule has 0 spiro atoms. The molecule has 1 heterocycles. The second kappa shape index (κ2) is 7.84. The summed E-state index contributed by atoms with van der Waals surface area (Å²) in [6.45, 7) is 4.15. The van der Waals surface area contributed by atoms with Crippen molar-refractivity contribution in [1.29, 1.82) is 0 Å². The van der Waals surface area contributed by atoms with Crippen molar-refractivity contribution in [3.8, 4) is 0 Å². The van der Waals surface area contributed by atoms with E-state index in [0.29, 0.717) is 13.0 Å². The van der Waals surface area contributed by atoms with Gasteiger partial charge in [-0.05, 0) is 26.2 Å². The van der Waals surface area contributed by atoms with Crippen LogP contribution in [0.15, 0.2) is 0 Å². The number of ether oxygens (including phenoxy) is 2. The molecule has 20 heavy (non-hydrogen) atoms. The number of hydrogen-bond donors (Lipinski definition) is 2. The summed E-state index contributed by atoms with van der Waals surface area (Å²) in [6, 6.07) is -0.897. The molecule has 3 atom stereocenters. The Balaban J connectivity index is 2.53. The molecular weight excluding hydrogens is 264 g/mol. The van der Waals surface area contributed by atoms with Crippen molar-refractivity contribution < 1.29 is 23.9 Å². The zero-order valence-electron chi connectivity index (χ0n) is 11.9. The normalized spacial score (nSPS) is 21.0. The molecule has 1 rings (SSSR count). The number of rotatable bonds is 7. The van der Waals surface area contributed by atoms with E-state index in [1.165, 1.54) is 0 Å². The number of carbonyl (C=O) groups excluding carboxylic acids is 3. The number of hydrogen-bond acceptors (Lipinski definition) is 5. The quantitative estimate of drug-likeness (QED) is 0.626. The second-order valence-electron chi connectivity index (χ2n) is 4.85. The molecule has 0 bridgehead atoms. The number of carbonyl (C=O) groups is 3. The summed E-state index contributed by atoms with van der Waals surface area (Å²) in [7, 11) is 0. The van der Waals surface area contributed by atoms with Gasteiger partial charge in [0.05, 0.1) is 12.5 Å². The van der Waals surface area contributed by atoms with E-state index in [-0.39, 0.29) is 18.9 Å². The fourth-order valence-electron chi connectivity index (χ4n) is 2.03. The molecule has 7 heteroatoms. The van der Waals surface area contributed by atoms with Crippen molar-refractivity contribution in [3.05, 3.63) is 0 Å². The molecule has 0 aromatic carbocycles. The number of nitrogens with one attached hydrogen (secondary N) is 1. The highest BCUT2D eigenvalue weighted by Gasteiger charge is 2.29. The maximum atomic E-state index is 11.9. The van der Waals surface area contributed by atoms with E-state index in [9.17, 15) is 14.4 Å². The van der Waals surface area contributed by atoms with Gasteiger partial charge in [-0.25, -0.2) is 0 Å². The first-order valence-corrected chi connectivity index (χ1v) is 6.83. The van der Waals surface area contributed by atoms with Crippen LogP contribution in [0.5, 0.6) is 0 Å². The Morgan fingerprint density at radius 3 is 2.65 bits per heavy atom. The van der Waals surface area contributed by atoms with Crippen LogP contribution in [0.25, 0.3) is 0 Å². The van der Waals surface area contributed by atoms with Gasteiger partial charge in [0.2, 0.25) is 11.8 Å². The van der Waals surface area contributed by atoms with Crippen molar-refractivity contribution in [3.63, 3.8) is 0 Å². The van der Waals surface area contributed by atoms with Gasteiger partial charge in [0.15, 0.2) is 0 Å². The van der Waals surface area contributed by atoms with Crippen LogP contribution in [-0.4, -0.2) is 43.1 Å². The van der Waals surface area contributed by atoms with Crippen LogP contribution in [0.4, 0.5) is 0 Å². The number of nitrogens with two attached hydrogens (primary N) is 1. The van der Waals surface area contributed by atoms with Crippen molar-refractivity contribution in [1.82, 2.24) is 5.32 Å². The average molecular weight is 286 g/mol. The molecule has 1 aliphatic heterocycles. The number of amides is 2. The third-order valence-electron chi connectivity index (χ3n) is 3.16. The molecule has 114 valence electrons. The average Bonchev–Trinajstić information content (AvgIpc) is 2.91. The molecule has 2 amide bonds. The van der Waals surface area contributed by atoms with Gasteiger partial charge in [0.25, 0.3) is 0 Å². The van der Waals surface area contributed by atoms with Gasteiger partial charge in [0.1, 0.15) is 12.1 Å². The predicted octanol–water partition coefficient (Wildman–Crippen LogP) is -0.275. The Morgan fingerprint density at radius 1 is 1.45 bits per heavy atom. The Labute approximate surface area is 118 Å². The summed E-state index contributed by atoms with van der Waals surface area (Å²) in [5.41, 5.74) is 5.26. The van der Waals surface area contributed by atoms with Gasteiger partial charge in [-0.15, -0.1) is 0 Å². The van der Waals surface area contributed by atoms with Gasteiger partial charge in [0, 0.05) is 6.61 Å². The number of esters is 1. The molecule has 0 aromatic heterocycles. The van der Waals surface area contributed by atoms with E-state index in [4.69, 9.17) is 15.2 Å². The number of primary amides is 1. The van der Waals surface area contributed by atoms with E-state index >= 15 is 0 Å². The van der Waals surface area contributed by atoms with Gasteiger partial charge in [-0.2, -0.15) is 0 Å². The summed E-state index contributed by atoms with van der Waals surface area (Å²) >= 11 is 0. The lowest BCUT2D eigenvalue weighted by Crippen LogP contribution is -2.49. The van der Waals surface area contributed by atoms with Crippen LogP contribution in [0.2, 0.25) is 0 Å². The third kappa shape index (κ3) is 4.80. The largest absolute Gasteiger partial charge is 0.466 e. The van der Waals surface area contributed by atoms with Crippen molar-refractivity contribution in [2.75, 3.05) is 13.2 Å². The van der Waals surface area contributed by atoms with Crippen molar-refractivity contribution >= 4 is 17.8 Å². The van der Waals surface area contributed by atoms with E-state index in [2.05, 4.69) is 5.32 Å². The summed E-state index contributed by atoms with van der Waals surface area (Å²) < 4.78 is 10.1. The molecule has 0 aliphatic carbocycles. The highest BCUT2D eigenvalue weighted by Crippen LogP contribution is 2.13. The van der Waals surface area contributed by atoms with E-state index in [0.717, 1.165) is 6.42 Å². The van der Waals surface area contributed by atoms with E-state index in [1.807, 2.05) is 0 Å². The summed E-state index contributed by atoms with van der Waals surface area (Å²) in [5.74, 6) is -1.96. The van der Waals surface area contributed by atoms with Crippen LogP contribution in [-0.2, 0) is 23.9 Å². The maximum Gasteiger partial charge on any atom is 0.308 e. The van der Waals surface area contributed by atoms with Crippen molar-refractivity contribution in [2.45, 2.75) is 45.3 Å². The molecule has 0 aromatic rings. The molecule has 3 N–H and O–H groups in total. The molecule has 1 fully saturated rings. The maximum absolute atomic E-state index is 11.9. The zero-order valence-corrected chi connectivity index (χ0v) is 11.9. The molecule has 0 radical (unpaired) electrons. The minimum Gasteiger partial charge on any atom is -0.466 e. The minimum atomic E-state index is -0.897. The lowest BCUT2D eigenvalue weighted by molar-refractivity contribution is -0.148. The smallest absolute Gasteiger partial charge is 0.308 e. The molecular formula is C13H22N2O5. The van der Waals surface area contributed by atoms with Crippen LogP contribution in [0, 0.1) is 5.92 Å². The zero-order chi connectivity index (χ0) is 15.1. The standard InChI is InChI=1S/C13H22N2O5/c1-3-19-13(18)8(2)7-9(11(14)16)15-12(17)10-5-4-6-20-10/h8-10H,3-7H2,1-2H3,(H2,14,16)(H,15,17)/t8-,9+,10-/m0/s1. The van der Waals surface area contributed by atoms with Crippen LogP contribution < -0.4 is 11.1 Å². The molecule has 7 nitrogen and oxygen atoms in total. The van der Waals surface area contributed by atoms with Gasteiger partial charge >= 0.3 is 5.97 Å². The molecule has 0 unspecified atom stereocenters. The van der Waals surface area contributed by atoms with Gasteiger partial charge in [-0.3, -0.25) is 14.4 Å². The first-order chi connectivity index (χ1) is 9.45. The summed E-state index contributed by atoms with van der Waals surface area (Å²) in [4.78, 5) is 34.8. The van der Waals surface area contributed by atoms with Gasteiger partial charge < -0.3 is 20.5 Å². The summed E-state index contributed by atoms with van der Waals surface area (Å²) in [5, 5.41) is 2.54. The molecule has 1 aliphatic rings. The van der Waals surface area contributed by atoms with E-state index < -0.39 is 29.9 Å². The Bertz CT molecular complexity index is 366. The highest BCUT2D eigenvalue weighted by molar-refractivity contribution is 5.89. The Morgan fingerprint density at radius 2 is 2.15 bits per heavy atom. The Kier molecular flexibility index (Phi) is 6.44. The highest BCUT2D eigenvalue weighted by atomic mass is 16.5. The fourth-order valence-corrected chi connectivity index (χ4v) is 2.03. The van der Waals surface area contributed by atoms with Crippen LogP contribution >= 0.6 is 0 Å². The van der Waals surface area contributed by atoms with Gasteiger partial charge in [-0.1, -0.05) is 6.92 Å². The Hall–Kier alpha value is -1.63. The first kappa shape index (κ1) is 16.4. The molecule has 1 saturated heterocycles. The third-order valence-corrected chi connectivity index (χ3v) is 3.16. The lowest BCUT2D eigenvalue weighted by atomic mass is 10.0.